The van der Waals surface area contributed by atoms with Gasteiger partial charge in [-0.2, -0.15) is 0 Å². The van der Waals surface area contributed by atoms with Crippen molar-refractivity contribution < 1.29 is 78.0 Å². The number of carbonyl (C=O) groups excluding carboxylic acids is 3. The smallest absolute Gasteiger partial charge is 0.348 e. The predicted molar refractivity (Wildman–Crippen MR) is 150 cm³/mol. The summed E-state index contributed by atoms with van der Waals surface area (Å²) < 4.78 is 27.2. The Kier molecular flexibility index (Phi) is 8.91. The summed E-state index contributed by atoms with van der Waals surface area (Å²) in [6.07, 6.45) is -8.58. The first-order chi connectivity index (χ1) is 22.1. The maximum Gasteiger partial charge on any atom is 0.348 e. The van der Waals surface area contributed by atoms with E-state index in [1.54, 1.807) is 6.07 Å². The molecule has 7 atom stereocenters. The molecule has 1 aromatic carbocycles. The Balaban J connectivity index is 1.41. The molecule has 5 N–H and O–H groups in total. The molecule has 1 aromatic rings. The highest BCUT2D eigenvalue weighted by molar-refractivity contribution is 5.88. The van der Waals surface area contributed by atoms with Gasteiger partial charge in [-0.25, -0.2) is 14.4 Å². The van der Waals surface area contributed by atoms with Gasteiger partial charge in [0.15, 0.2) is 23.7 Å². The fraction of sp³-hybridized carbons (Fsp3) is 0.533. The molecule has 0 radical (unpaired) electrons. The van der Waals surface area contributed by atoms with Crippen molar-refractivity contribution in [2.75, 3.05) is 20.7 Å². The minimum Gasteiger partial charge on any atom is -0.493 e. The van der Waals surface area contributed by atoms with Gasteiger partial charge >= 0.3 is 35.8 Å². The van der Waals surface area contributed by atoms with E-state index in [0.717, 1.165) is 11.1 Å². The zero-order valence-electron chi connectivity index (χ0n) is 25.2. The number of ether oxygens (including phenoxy) is 5. The molecule has 0 aromatic heterocycles. The van der Waals surface area contributed by atoms with E-state index in [-0.39, 0.29) is 18.2 Å². The molecular weight excluding hydrogens is 630 g/mol. The van der Waals surface area contributed by atoms with Gasteiger partial charge in [-0.05, 0) is 44.1 Å². The summed E-state index contributed by atoms with van der Waals surface area (Å²) in [7, 11) is 3.38. The molecule has 47 heavy (non-hydrogen) atoms. The Morgan fingerprint density at radius 1 is 1.00 bits per heavy atom. The number of esters is 3. The molecule has 3 unspecified atom stereocenters. The van der Waals surface area contributed by atoms with E-state index in [2.05, 4.69) is 4.90 Å². The molecule has 1 fully saturated rings. The Morgan fingerprint density at radius 2 is 1.72 bits per heavy atom. The minimum absolute atomic E-state index is 0.0110. The van der Waals surface area contributed by atoms with Crippen LogP contribution in [-0.4, -0.2) is 123 Å². The molecule has 2 heterocycles. The van der Waals surface area contributed by atoms with Crippen molar-refractivity contribution in [3.05, 3.63) is 35.1 Å². The number of hydrogen-bond donors (Lipinski definition) is 5. The van der Waals surface area contributed by atoms with Gasteiger partial charge < -0.3 is 54.1 Å². The number of aliphatic carboxylic acids is 3. The van der Waals surface area contributed by atoms with Crippen LogP contribution in [0.3, 0.4) is 0 Å². The molecule has 5 rings (SSSR count). The van der Waals surface area contributed by atoms with Crippen molar-refractivity contribution in [3.8, 4) is 11.5 Å². The first kappa shape index (κ1) is 33.6. The van der Waals surface area contributed by atoms with Gasteiger partial charge in [0, 0.05) is 18.0 Å². The Bertz CT molecular complexity index is 1550. The number of carboxylic acids is 3. The van der Waals surface area contributed by atoms with Crippen LogP contribution in [0.4, 0.5) is 0 Å². The second-order valence-corrected chi connectivity index (χ2v) is 11.9. The quantitative estimate of drug-likeness (QED) is 0.127. The van der Waals surface area contributed by atoms with Crippen molar-refractivity contribution in [1.29, 1.82) is 0 Å². The summed E-state index contributed by atoms with van der Waals surface area (Å²) >= 11 is 0. The van der Waals surface area contributed by atoms with Crippen LogP contribution in [0.25, 0.3) is 0 Å². The number of hydrogen-bond acceptors (Lipinski definition) is 14. The number of rotatable bonds is 13. The Labute approximate surface area is 266 Å². The second kappa shape index (κ2) is 12.5. The number of methoxy groups -OCH3 is 1. The highest BCUT2D eigenvalue weighted by Crippen LogP contribution is 2.65. The third-order valence-electron chi connectivity index (χ3n) is 9.22. The molecule has 4 aliphatic rings. The van der Waals surface area contributed by atoms with Gasteiger partial charge in [0.1, 0.15) is 5.76 Å². The first-order valence-electron chi connectivity index (χ1n) is 14.6. The molecule has 0 saturated carbocycles. The molecule has 1 spiro atoms. The second-order valence-electron chi connectivity index (χ2n) is 11.9. The van der Waals surface area contributed by atoms with Gasteiger partial charge in [0.25, 0.3) is 0 Å². The third-order valence-corrected chi connectivity index (χ3v) is 9.22. The number of piperidine rings is 1. The van der Waals surface area contributed by atoms with Crippen LogP contribution in [-0.2, 0) is 54.8 Å². The predicted octanol–water partition coefficient (Wildman–Crippen LogP) is -0.875. The van der Waals surface area contributed by atoms with Crippen LogP contribution >= 0.6 is 0 Å². The lowest BCUT2D eigenvalue weighted by atomic mass is 9.50. The minimum atomic E-state index is -2.23. The number of likely N-dealkylation sites (N-methyl/N-ethyl adjacent to an activating group) is 1. The molecule has 17 nitrogen and oxygen atoms in total. The van der Waals surface area contributed by atoms with E-state index in [9.17, 15) is 44.1 Å². The molecule has 17 heteroatoms. The lowest BCUT2D eigenvalue weighted by molar-refractivity contribution is -0.182. The third kappa shape index (κ3) is 5.74. The normalized spacial score (nSPS) is 27.1. The van der Waals surface area contributed by atoms with Crippen molar-refractivity contribution in [2.45, 2.75) is 80.0 Å². The molecule has 2 aliphatic carbocycles. The van der Waals surface area contributed by atoms with E-state index in [1.807, 2.05) is 13.1 Å². The number of likely N-dealkylation sites (tertiary alicyclic amines) is 1. The van der Waals surface area contributed by atoms with Crippen molar-refractivity contribution in [1.82, 2.24) is 4.90 Å². The summed E-state index contributed by atoms with van der Waals surface area (Å²) in [6.45, 7) is 0.581. The summed E-state index contributed by atoms with van der Waals surface area (Å²) in [5.41, 5.74) is -0.686. The lowest BCUT2D eigenvalue weighted by Crippen LogP contribution is -2.74. The maximum absolute atomic E-state index is 13.3. The molecular formula is C30H33NO16. The number of benzene rings is 1. The lowest BCUT2D eigenvalue weighted by Gasteiger charge is -2.61. The number of aliphatic hydroxyl groups excluding tert-OH is 1. The topological polar surface area (TPSA) is 253 Å². The largest absolute Gasteiger partial charge is 0.493 e. The van der Waals surface area contributed by atoms with Crippen LogP contribution < -0.4 is 9.47 Å². The van der Waals surface area contributed by atoms with Gasteiger partial charge in [0.05, 0.1) is 37.4 Å². The van der Waals surface area contributed by atoms with Crippen molar-refractivity contribution in [2.24, 2.45) is 0 Å². The summed E-state index contributed by atoms with van der Waals surface area (Å²) in [4.78, 5) is 74.1. The number of carboxylic acid groups (broad SMARTS) is 3. The van der Waals surface area contributed by atoms with E-state index in [0.29, 0.717) is 30.9 Å². The number of aliphatic hydroxyl groups is 2. The molecule has 0 amide bonds. The van der Waals surface area contributed by atoms with E-state index in [4.69, 9.17) is 33.9 Å². The van der Waals surface area contributed by atoms with Crippen LogP contribution in [0.1, 0.15) is 43.2 Å². The average molecular weight is 664 g/mol. The van der Waals surface area contributed by atoms with Gasteiger partial charge in [-0.3, -0.25) is 14.4 Å². The first-order valence-corrected chi connectivity index (χ1v) is 14.6. The van der Waals surface area contributed by atoms with Gasteiger partial charge in [-0.1, -0.05) is 6.07 Å². The summed E-state index contributed by atoms with van der Waals surface area (Å²) in [5, 5.41) is 48.9. The number of nitrogens with zero attached hydrogens (tertiary/aromatic N) is 1. The average Bonchev–Trinajstić information content (AvgIpc) is 3.35. The maximum atomic E-state index is 13.3. The fourth-order valence-electron chi connectivity index (χ4n) is 7.09. The highest BCUT2D eigenvalue weighted by atomic mass is 16.6. The van der Waals surface area contributed by atoms with Crippen LogP contribution in [0.5, 0.6) is 11.5 Å². The van der Waals surface area contributed by atoms with E-state index in [1.165, 1.54) is 13.2 Å². The monoisotopic (exact) mass is 663 g/mol. The van der Waals surface area contributed by atoms with E-state index < -0.39 is 90.5 Å². The highest BCUT2D eigenvalue weighted by Gasteiger charge is 2.72. The SMILES string of the molecule is COc1ccc2c3c1O[C@H]1C(OC(=O)CC(OC(=O)CC(O)C(=O)O)C(=O)OC(CC(=O)O)C(=O)O)=CC[C@@]4(O)[C@@H](C2)N(C)CC[C@]314. The fourth-order valence-corrected chi connectivity index (χ4v) is 7.09. The van der Waals surface area contributed by atoms with Crippen molar-refractivity contribution >= 4 is 35.8 Å². The standard InChI is InChI=1S/C30H33NO16/c1-31-8-7-29-23-13-3-4-15(43-2)24(23)47-25(29)16(5-6-30(29,42)19(31)9-13)44-22(36)12-18(45-21(35)10-14(32)26(37)38)28(41)46-17(27(39)40)11-20(33)34/h3-5,14,17-19,25,32,42H,6-12H2,1-2H3,(H,33,34)(H,37,38)(H,39,40)/t14?,17?,18?,19-,25+,29+,30-/m1/s1. The zero-order chi connectivity index (χ0) is 34.4. The van der Waals surface area contributed by atoms with E-state index >= 15 is 0 Å². The molecule has 254 valence electrons. The van der Waals surface area contributed by atoms with Gasteiger partial charge in [-0.15, -0.1) is 0 Å². The Hall–Kier alpha value is -4.74. The summed E-state index contributed by atoms with van der Waals surface area (Å²) in [5.74, 6) is -8.76. The van der Waals surface area contributed by atoms with Crippen LogP contribution in [0.2, 0.25) is 0 Å². The van der Waals surface area contributed by atoms with Crippen LogP contribution in [0, 0.1) is 0 Å². The number of carbonyl (C=O) groups is 6. The summed E-state index contributed by atoms with van der Waals surface area (Å²) in [6, 6.07) is 3.36. The molecule has 1 saturated heterocycles. The Morgan fingerprint density at radius 3 is 2.36 bits per heavy atom. The molecule has 2 aliphatic heterocycles. The van der Waals surface area contributed by atoms with Crippen LogP contribution in [0.15, 0.2) is 24.0 Å². The van der Waals surface area contributed by atoms with Gasteiger partial charge in [0.2, 0.25) is 12.2 Å². The molecule has 2 bridgehead atoms. The zero-order valence-corrected chi connectivity index (χ0v) is 25.2. The van der Waals surface area contributed by atoms with Crippen molar-refractivity contribution in [3.63, 3.8) is 0 Å².